The first kappa shape index (κ1) is 17.5. The van der Waals surface area contributed by atoms with E-state index in [1.54, 1.807) is 12.0 Å². The number of nitrogens with zero attached hydrogens (tertiary/aromatic N) is 1. The molecule has 1 saturated heterocycles. The van der Waals surface area contributed by atoms with Gasteiger partial charge in [-0.2, -0.15) is 0 Å². The summed E-state index contributed by atoms with van der Waals surface area (Å²) < 4.78 is 16.1. The smallest absolute Gasteiger partial charge is 0.414 e. The molecule has 2 atom stereocenters. The Hall–Kier alpha value is -2.31. The molecule has 1 amide bonds. The van der Waals surface area contributed by atoms with Gasteiger partial charge >= 0.3 is 6.09 Å². The number of rotatable bonds is 7. The van der Waals surface area contributed by atoms with E-state index in [0.717, 1.165) is 22.8 Å². The van der Waals surface area contributed by atoms with Gasteiger partial charge in [0, 0.05) is 18.8 Å². The zero-order valence-electron chi connectivity index (χ0n) is 14.8. The number of methoxy groups -OCH3 is 1. The second-order valence-electron chi connectivity index (χ2n) is 6.21. The molecule has 3 rings (SSSR count). The van der Waals surface area contributed by atoms with E-state index in [4.69, 9.17) is 13.9 Å². The normalized spacial score (nSPS) is 16.8. The van der Waals surface area contributed by atoms with Crippen LogP contribution in [0, 0.1) is 6.92 Å². The van der Waals surface area contributed by atoms with Crippen molar-refractivity contribution in [1.82, 2.24) is 5.32 Å². The summed E-state index contributed by atoms with van der Waals surface area (Å²) in [7, 11) is 1.68. The molecule has 0 radical (unpaired) electrons. The lowest BCUT2D eigenvalue weighted by molar-refractivity contribution is 0.151. The van der Waals surface area contributed by atoms with Crippen molar-refractivity contribution in [1.29, 1.82) is 0 Å². The van der Waals surface area contributed by atoms with Crippen LogP contribution in [0.15, 0.2) is 40.8 Å². The van der Waals surface area contributed by atoms with E-state index < -0.39 is 0 Å². The minimum atomic E-state index is -0.291. The van der Waals surface area contributed by atoms with Crippen molar-refractivity contribution in [3.8, 4) is 0 Å². The van der Waals surface area contributed by atoms with Gasteiger partial charge in [0.15, 0.2) is 0 Å². The number of anilines is 1. The van der Waals surface area contributed by atoms with Crippen LogP contribution < -0.4 is 10.2 Å². The number of hydrogen-bond donors (Lipinski definition) is 1. The van der Waals surface area contributed by atoms with E-state index in [2.05, 4.69) is 12.2 Å². The molecule has 6 heteroatoms. The van der Waals surface area contributed by atoms with Gasteiger partial charge < -0.3 is 13.9 Å². The van der Waals surface area contributed by atoms with Crippen LogP contribution in [0.2, 0.25) is 0 Å². The molecule has 1 aromatic heterocycles. The van der Waals surface area contributed by atoms with Gasteiger partial charge in [-0.15, -0.1) is 0 Å². The van der Waals surface area contributed by atoms with E-state index in [0.29, 0.717) is 19.8 Å². The van der Waals surface area contributed by atoms with E-state index in [9.17, 15) is 4.79 Å². The molecule has 0 saturated carbocycles. The number of cyclic esters (lactones) is 1. The average molecular weight is 344 g/mol. The number of nitrogens with one attached hydrogen (secondary N) is 1. The van der Waals surface area contributed by atoms with Gasteiger partial charge in [-0.05, 0) is 43.7 Å². The van der Waals surface area contributed by atoms with Crippen LogP contribution in [-0.2, 0) is 9.47 Å². The molecule has 1 fully saturated rings. The number of amides is 1. The third kappa shape index (κ3) is 4.03. The quantitative estimate of drug-likeness (QED) is 0.832. The summed E-state index contributed by atoms with van der Waals surface area (Å²) in [5.41, 5.74) is 1.94. The lowest BCUT2D eigenvalue weighted by atomic mass is 10.1. The predicted octanol–water partition coefficient (Wildman–Crippen LogP) is 3.58. The molecule has 0 aliphatic carbocycles. The van der Waals surface area contributed by atoms with Gasteiger partial charge in [0.1, 0.15) is 18.1 Å². The Morgan fingerprint density at radius 1 is 1.32 bits per heavy atom. The Kier molecular flexibility index (Phi) is 5.40. The van der Waals surface area contributed by atoms with E-state index >= 15 is 0 Å². The van der Waals surface area contributed by atoms with Crippen LogP contribution in [0.3, 0.4) is 0 Å². The number of furan rings is 1. The van der Waals surface area contributed by atoms with Crippen molar-refractivity contribution in [2.45, 2.75) is 25.9 Å². The minimum absolute atomic E-state index is 0.0471. The highest BCUT2D eigenvalue weighted by molar-refractivity contribution is 5.89. The van der Waals surface area contributed by atoms with Crippen LogP contribution in [-0.4, -0.2) is 33.0 Å². The van der Waals surface area contributed by atoms with Crippen LogP contribution in [0.25, 0.3) is 0 Å². The molecule has 2 aromatic rings. The molecule has 25 heavy (non-hydrogen) atoms. The minimum Gasteiger partial charge on any atom is -0.465 e. The van der Waals surface area contributed by atoms with Gasteiger partial charge in [0.2, 0.25) is 0 Å². The zero-order valence-corrected chi connectivity index (χ0v) is 14.8. The third-order valence-electron chi connectivity index (χ3n) is 4.33. The number of hydrogen-bond acceptors (Lipinski definition) is 5. The Morgan fingerprint density at radius 2 is 2.16 bits per heavy atom. The van der Waals surface area contributed by atoms with Crippen LogP contribution in [0.4, 0.5) is 10.5 Å². The second-order valence-corrected chi connectivity index (χ2v) is 6.21. The van der Waals surface area contributed by atoms with E-state index in [1.807, 2.05) is 43.3 Å². The maximum Gasteiger partial charge on any atom is 0.414 e. The molecular weight excluding hydrogens is 320 g/mol. The molecule has 134 valence electrons. The topological polar surface area (TPSA) is 63.9 Å². The lowest BCUT2D eigenvalue weighted by Crippen LogP contribution is -2.28. The number of benzene rings is 1. The van der Waals surface area contributed by atoms with E-state index in [-0.39, 0.29) is 18.2 Å². The van der Waals surface area contributed by atoms with Crippen LogP contribution in [0.5, 0.6) is 0 Å². The van der Waals surface area contributed by atoms with Crippen LogP contribution >= 0.6 is 0 Å². The van der Waals surface area contributed by atoms with Crippen molar-refractivity contribution in [3.63, 3.8) is 0 Å². The van der Waals surface area contributed by atoms with Gasteiger partial charge in [-0.1, -0.05) is 12.1 Å². The summed E-state index contributed by atoms with van der Waals surface area (Å²) in [6.07, 6.45) is -0.291. The molecular formula is C19H24N2O4. The van der Waals surface area contributed by atoms with E-state index in [1.165, 1.54) is 0 Å². The number of carbonyl (C=O) groups is 1. The standard InChI is InChI=1S/C19H24N2O4/c1-13-7-8-18(25-13)17(12-23-3)20-14(2)15-5-4-6-16(11-15)21-9-10-24-19(21)22/h4-8,11,14,17,20H,9-10,12H2,1-3H3/t14-,17-/m0/s1. The summed E-state index contributed by atoms with van der Waals surface area (Å²) in [5.74, 6) is 1.73. The summed E-state index contributed by atoms with van der Waals surface area (Å²) in [4.78, 5) is 13.4. The van der Waals surface area contributed by atoms with Crippen molar-refractivity contribution >= 4 is 11.8 Å². The highest BCUT2D eigenvalue weighted by Crippen LogP contribution is 2.26. The van der Waals surface area contributed by atoms with Crippen LogP contribution in [0.1, 0.15) is 36.1 Å². The Morgan fingerprint density at radius 3 is 2.80 bits per heavy atom. The molecule has 1 aromatic carbocycles. The zero-order chi connectivity index (χ0) is 17.8. The predicted molar refractivity (Wildman–Crippen MR) is 94.7 cm³/mol. The van der Waals surface area contributed by atoms with Crippen molar-refractivity contribution < 1.29 is 18.7 Å². The molecule has 2 heterocycles. The van der Waals surface area contributed by atoms with Gasteiger partial charge in [0.25, 0.3) is 0 Å². The fourth-order valence-corrected chi connectivity index (χ4v) is 3.01. The third-order valence-corrected chi connectivity index (χ3v) is 4.33. The molecule has 1 N–H and O–H groups in total. The first-order valence-corrected chi connectivity index (χ1v) is 8.44. The Balaban J connectivity index is 1.75. The first-order valence-electron chi connectivity index (χ1n) is 8.44. The number of aryl methyl sites for hydroxylation is 1. The fourth-order valence-electron chi connectivity index (χ4n) is 3.01. The summed E-state index contributed by atoms with van der Waals surface area (Å²) >= 11 is 0. The number of ether oxygens (including phenoxy) is 2. The molecule has 0 unspecified atom stereocenters. The fraction of sp³-hybridized carbons (Fsp3) is 0.421. The molecule has 0 bridgehead atoms. The van der Waals surface area contributed by atoms with Crippen molar-refractivity contribution in [3.05, 3.63) is 53.5 Å². The highest BCUT2D eigenvalue weighted by Gasteiger charge is 2.24. The monoisotopic (exact) mass is 344 g/mol. The summed E-state index contributed by atoms with van der Waals surface area (Å²) in [6.45, 7) is 5.54. The molecule has 0 spiro atoms. The van der Waals surface area contributed by atoms with Gasteiger partial charge in [-0.3, -0.25) is 10.2 Å². The first-order chi connectivity index (χ1) is 12.1. The molecule has 1 aliphatic heterocycles. The Bertz CT molecular complexity index is 728. The summed E-state index contributed by atoms with van der Waals surface area (Å²) in [6, 6.07) is 11.9. The summed E-state index contributed by atoms with van der Waals surface area (Å²) in [5, 5.41) is 3.54. The Labute approximate surface area is 147 Å². The largest absolute Gasteiger partial charge is 0.465 e. The maximum absolute atomic E-state index is 11.8. The number of carbonyl (C=O) groups excluding carboxylic acids is 1. The van der Waals surface area contributed by atoms with Gasteiger partial charge in [-0.25, -0.2) is 4.79 Å². The molecule has 6 nitrogen and oxygen atoms in total. The molecule has 1 aliphatic rings. The SMILES string of the molecule is COC[C@H](N[C@@H](C)c1cccc(N2CCOC2=O)c1)c1ccc(C)o1. The highest BCUT2D eigenvalue weighted by atomic mass is 16.6. The average Bonchev–Trinajstić information content (AvgIpc) is 3.23. The van der Waals surface area contributed by atoms with Crippen molar-refractivity contribution in [2.75, 3.05) is 31.8 Å². The van der Waals surface area contributed by atoms with Gasteiger partial charge in [0.05, 0.1) is 19.2 Å². The maximum atomic E-state index is 11.8. The van der Waals surface area contributed by atoms with Crippen molar-refractivity contribution in [2.24, 2.45) is 0 Å². The lowest BCUT2D eigenvalue weighted by Gasteiger charge is -2.23. The second kappa shape index (κ2) is 7.72.